The zero-order chi connectivity index (χ0) is 18.3. The first kappa shape index (κ1) is 16.0. The zero-order valence-corrected chi connectivity index (χ0v) is 14.3. The van der Waals surface area contributed by atoms with E-state index in [1.54, 1.807) is 24.5 Å². The van der Waals surface area contributed by atoms with Crippen molar-refractivity contribution in [3.63, 3.8) is 0 Å². The average molecular weight is 345 g/mol. The Morgan fingerprint density at radius 2 is 2.08 bits per heavy atom. The van der Waals surface area contributed by atoms with Gasteiger partial charge in [0, 0.05) is 35.8 Å². The Labute approximate surface area is 149 Å². The molecule has 4 rings (SSSR count). The maximum Gasteiger partial charge on any atom is 0.363 e. The van der Waals surface area contributed by atoms with E-state index in [2.05, 4.69) is 9.98 Å². The van der Waals surface area contributed by atoms with Gasteiger partial charge in [0.1, 0.15) is 5.65 Å². The van der Waals surface area contributed by atoms with Gasteiger partial charge in [0.25, 0.3) is 0 Å². The second-order valence-electron chi connectivity index (χ2n) is 6.05. The molecule has 26 heavy (non-hydrogen) atoms. The van der Waals surface area contributed by atoms with Crippen LogP contribution in [0.3, 0.4) is 0 Å². The fraction of sp³-hybridized carbons (Fsp3) is 0.100. The second kappa shape index (κ2) is 6.07. The molecule has 2 aromatic heterocycles. The number of nitrogens with zero attached hydrogens (tertiary/aromatic N) is 3. The Kier molecular flexibility index (Phi) is 3.73. The van der Waals surface area contributed by atoms with Crippen molar-refractivity contribution in [1.82, 2.24) is 9.55 Å². The van der Waals surface area contributed by atoms with Crippen molar-refractivity contribution in [2.45, 2.75) is 13.8 Å². The Bertz CT molecular complexity index is 1120. The normalized spacial score (nSPS) is 15.4. The van der Waals surface area contributed by atoms with Crippen molar-refractivity contribution >= 4 is 34.9 Å². The number of carbonyl (C=O) groups is 2. The van der Waals surface area contributed by atoms with E-state index in [9.17, 15) is 9.59 Å². The van der Waals surface area contributed by atoms with Crippen LogP contribution in [-0.2, 0) is 9.53 Å². The number of aliphatic imine (C=N–C) groups is 1. The molecule has 1 aliphatic rings. The maximum absolute atomic E-state index is 12.2. The molecule has 0 N–H and O–H groups in total. The van der Waals surface area contributed by atoms with Crippen LogP contribution in [0.1, 0.15) is 28.4 Å². The lowest BCUT2D eigenvalue weighted by molar-refractivity contribution is -0.129. The standard InChI is InChI=1S/C20H15N3O3/c1-12-5-3-6-14(9-12)19-22-17(20(25)26-19)10-15-11-23(13(2)24)18-16(15)7-4-8-21-18/h3-11H,1-2H3/b17-10-. The maximum atomic E-state index is 12.2. The van der Waals surface area contributed by atoms with Crippen LogP contribution in [0.5, 0.6) is 0 Å². The number of aromatic nitrogens is 2. The van der Waals surface area contributed by atoms with Crippen molar-refractivity contribution in [2.24, 2.45) is 4.99 Å². The summed E-state index contributed by atoms with van der Waals surface area (Å²) < 4.78 is 6.76. The predicted octanol–water partition coefficient (Wildman–Crippen LogP) is 3.35. The van der Waals surface area contributed by atoms with E-state index in [1.165, 1.54) is 11.5 Å². The molecule has 0 aliphatic carbocycles. The van der Waals surface area contributed by atoms with Crippen LogP contribution >= 0.6 is 0 Å². The van der Waals surface area contributed by atoms with Crippen molar-refractivity contribution < 1.29 is 14.3 Å². The molecule has 1 aliphatic heterocycles. The summed E-state index contributed by atoms with van der Waals surface area (Å²) in [5, 5.41) is 0.766. The summed E-state index contributed by atoms with van der Waals surface area (Å²) in [6.45, 7) is 3.42. The molecule has 3 heterocycles. The molecule has 0 fully saturated rings. The quantitative estimate of drug-likeness (QED) is 0.527. The lowest BCUT2D eigenvalue weighted by Crippen LogP contribution is -2.05. The summed E-state index contributed by atoms with van der Waals surface area (Å²) in [7, 11) is 0. The summed E-state index contributed by atoms with van der Waals surface area (Å²) in [6.07, 6.45) is 4.89. The molecule has 128 valence electrons. The third-order valence-electron chi connectivity index (χ3n) is 4.11. The van der Waals surface area contributed by atoms with Gasteiger partial charge in [-0.3, -0.25) is 9.36 Å². The van der Waals surface area contributed by atoms with Gasteiger partial charge >= 0.3 is 5.97 Å². The van der Waals surface area contributed by atoms with E-state index >= 15 is 0 Å². The number of esters is 1. The first-order valence-electron chi connectivity index (χ1n) is 8.09. The molecule has 1 aromatic carbocycles. The van der Waals surface area contributed by atoms with Crippen molar-refractivity contribution in [1.29, 1.82) is 0 Å². The molecule has 0 radical (unpaired) electrons. The van der Waals surface area contributed by atoms with Crippen LogP contribution in [-0.4, -0.2) is 27.3 Å². The number of fused-ring (bicyclic) bond motifs is 1. The highest BCUT2D eigenvalue weighted by Crippen LogP contribution is 2.25. The Morgan fingerprint density at radius 1 is 1.23 bits per heavy atom. The largest absolute Gasteiger partial charge is 0.402 e. The highest BCUT2D eigenvalue weighted by atomic mass is 16.6. The first-order valence-corrected chi connectivity index (χ1v) is 8.09. The molecule has 0 unspecified atom stereocenters. The Morgan fingerprint density at radius 3 is 2.85 bits per heavy atom. The van der Waals surface area contributed by atoms with Crippen molar-refractivity contribution in [3.05, 3.63) is 71.2 Å². The molecular formula is C20H15N3O3. The van der Waals surface area contributed by atoms with Crippen LogP contribution in [0.25, 0.3) is 17.1 Å². The topological polar surface area (TPSA) is 73.6 Å². The van der Waals surface area contributed by atoms with Crippen LogP contribution < -0.4 is 0 Å². The van der Waals surface area contributed by atoms with E-state index < -0.39 is 5.97 Å². The fourth-order valence-electron chi connectivity index (χ4n) is 2.90. The molecule has 0 saturated heterocycles. The summed E-state index contributed by atoms with van der Waals surface area (Å²) in [6, 6.07) is 11.2. The summed E-state index contributed by atoms with van der Waals surface area (Å²) in [5.41, 5.74) is 3.21. The number of rotatable bonds is 2. The van der Waals surface area contributed by atoms with Crippen LogP contribution in [0.2, 0.25) is 0 Å². The predicted molar refractivity (Wildman–Crippen MR) is 97.8 cm³/mol. The number of hydrogen-bond donors (Lipinski definition) is 0. The molecule has 6 nitrogen and oxygen atoms in total. The minimum atomic E-state index is -0.519. The SMILES string of the molecule is CC(=O)n1cc(/C=C2\N=C(c3cccc(C)c3)OC2=O)c2cccnc21. The number of carbonyl (C=O) groups excluding carboxylic acids is 2. The second-order valence-corrected chi connectivity index (χ2v) is 6.05. The van der Waals surface area contributed by atoms with E-state index in [1.807, 2.05) is 37.3 Å². The van der Waals surface area contributed by atoms with Gasteiger partial charge in [-0.25, -0.2) is 14.8 Å². The summed E-state index contributed by atoms with van der Waals surface area (Å²) in [4.78, 5) is 32.6. The zero-order valence-electron chi connectivity index (χ0n) is 14.3. The van der Waals surface area contributed by atoms with Crippen molar-refractivity contribution in [2.75, 3.05) is 0 Å². The first-order chi connectivity index (χ1) is 12.5. The number of pyridine rings is 1. The smallest absolute Gasteiger partial charge is 0.363 e. The van der Waals surface area contributed by atoms with Crippen LogP contribution in [0, 0.1) is 6.92 Å². The summed E-state index contributed by atoms with van der Waals surface area (Å²) in [5.74, 6) is -0.399. The highest BCUT2D eigenvalue weighted by Gasteiger charge is 2.25. The van der Waals surface area contributed by atoms with Gasteiger partial charge < -0.3 is 4.74 Å². The van der Waals surface area contributed by atoms with Crippen LogP contribution in [0.4, 0.5) is 0 Å². The van der Waals surface area contributed by atoms with Crippen LogP contribution in [0.15, 0.2) is 59.5 Å². The molecule has 0 atom stereocenters. The highest BCUT2D eigenvalue weighted by molar-refractivity contribution is 6.13. The lowest BCUT2D eigenvalue weighted by atomic mass is 10.1. The third-order valence-corrected chi connectivity index (χ3v) is 4.11. The van der Waals surface area contributed by atoms with Gasteiger partial charge in [0.2, 0.25) is 11.8 Å². The van der Waals surface area contributed by atoms with Gasteiger partial charge in [0.15, 0.2) is 5.70 Å². The van der Waals surface area contributed by atoms with E-state index in [4.69, 9.17) is 4.74 Å². The number of cyclic esters (lactones) is 1. The van der Waals surface area contributed by atoms with Gasteiger partial charge in [0.05, 0.1) is 0 Å². The molecule has 0 saturated carbocycles. The molecular weight excluding hydrogens is 330 g/mol. The molecule has 0 amide bonds. The fourth-order valence-corrected chi connectivity index (χ4v) is 2.90. The number of aryl methyl sites for hydroxylation is 1. The number of hydrogen-bond acceptors (Lipinski definition) is 5. The number of ether oxygens (including phenoxy) is 1. The van der Waals surface area contributed by atoms with E-state index in [0.717, 1.165) is 16.5 Å². The minimum Gasteiger partial charge on any atom is -0.402 e. The molecule has 3 aromatic rings. The molecule has 0 bridgehead atoms. The number of benzene rings is 1. The molecule has 6 heteroatoms. The Balaban J connectivity index is 1.80. The van der Waals surface area contributed by atoms with E-state index in [0.29, 0.717) is 11.2 Å². The Hall–Kier alpha value is -3.54. The van der Waals surface area contributed by atoms with Gasteiger partial charge in [-0.1, -0.05) is 17.7 Å². The lowest BCUT2D eigenvalue weighted by Gasteiger charge is -1.99. The van der Waals surface area contributed by atoms with Gasteiger partial charge in [-0.15, -0.1) is 0 Å². The van der Waals surface area contributed by atoms with Crippen molar-refractivity contribution in [3.8, 4) is 0 Å². The monoisotopic (exact) mass is 345 g/mol. The summed E-state index contributed by atoms with van der Waals surface area (Å²) >= 11 is 0. The molecule has 0 spiro atoms. The third kappa shape index (κ3) is 2.71. The van der Waals surface area contributed by atoms with E-state index in [-0.39, 0.29) is 17.5 Å². The minimum absolute atomic E-state index is 0.156. The van der Waals surface area contributed by atoms with Gasteiger partial charge in [-0.05, 0) is 37.3 Å². The average Bonchev–Trinajstić information content (AvgIpc) is 3.17. The van der Waals surface area contributed by atoms with Gasteiger partial charge in [-0.2, -0.15) is 0 Å².